The van der Waals surface area contributed by atoms with Crippen molar-refractivity contribution in [2.45, 2.75) is 13.8 Å². The molecule has 3 rings (SSSR count). The van der Waals surface area contributed by atoms with Crippen LogP contribution in [0, 0.1) is 13.8 Å². The van der Waals surface area contributed by atoms with Crippen molar-refractivity contribution in [1.29, 1.82) is 0 Å². The molecule has 0 fully saturated rings. The zero-order valence-corrected chi connectivity index (χ0v) is 14.2. The summed E-state index contributed by atoms with van der Waals surface area (Å²) in [7, 11) is 0. The van der Waals surface area contributed by atoms with Crippen LogP contribution < -0.4 is 4.59 Å². The standard InChI is InChI=1S/C18H16N3Se/c1-13-7-6-8-15(11-13)19-12-17-14(2)20-21(18(17)22)16-9-4-3-5-10-16/h3-12H,1-2H3. The zero-order valence-electron chi connectivity index (χ0n) is 12.5. The number of para-hydroxylation sites is 1. The minimum absolute atomic E-state index is 0.950. The van der Waals surface area contributed by atoms with Gasteiger partial charge in [0.05, 0.1) is 0 Å². The van der Waals surface area contributed by atoms with Gasteiger partial charge in [0.1, 0.15) is 0 Å². The number of rotatable bonds is 3. The summed E-state index contributed by atoms with van der Waals surface area (Å²) in [5, 5.41) is 4.60. The van der Waals surface area contributed by atoms with Gasteiger partial charge in [-0.15, -0.1) is 0 Å². The first-order valence-electron chi connectivity index (χ1n) is 7.08. The van der Waals surface area contributed by atoms with Crippen LogP contribution in [0.5, 0.6) is 0 Å². The first-order valence-corrected chi connectivity index (χ1v) is 7.93. The summed E-state index contributed by atoms with van der Waals surface area (Å²) in [6.45, 7) is 4.06. The second-order valence-corrected chi connectivity index (χ2v) is 5.96. The van der Waals surface area contributed by atoms with E-state index in [9.17, 15) is 0 Å². The summed E-state index contributed by atoms with van der Waals surface area (Å²) in [6, 6.07) is 18.2. The van der Waals surface area contributed by atoms with E-state index in [1.54, 1.807) is 0 Å². The van der Waals surface area contributed by atoms with E-state index in [1.165, 1.54) is 5.56 Å². The molecule has 0 unspecified atom stereocenters. The van der Waals surface area contributed by atoms with Crippen LogP contribution in [0.2, 0.25) is 0 Å². The fourth-order valence-corrected chi connectivity index (χ4v) is 2.99. The third-order valence-electron chi connectivity index (χ3n) is 3.41. The molecule has 1 radical (unpaired) electrons. The number of benzene rings is 2. The molecule has 0 N–H and O–H groups in total. The molecular formula is C18H16N3Se. The maximum absolute atomic E-state index is 4.60. The molecule has 0 amide bonds. The summed E-state index contributed by atoms with van der Waals surface area (Å²) >= 11 is 3.12. The summed E-state index contributed by atoms with van der Waals surface area (Å²) in [6.07, 6.45) is 1.88. The normalized spacial score (nSPS) is 11.2. The molecule has 0 aliphatic rings. The monoisotopic (exact) mass is 354 g/mol. The van der Waals surface area contributed by atoms with Gasteiger partial charge >= 0.3 is 138 Å². The molecule has 4 heteroatoms. The van der Waals surface area contributed by atoms with Crippen molar-refractivity contribution in [3.05, 3.63) is 71.4 Å². The van der Waals surface area contributed by atoms with Crippen molar-refractivity contribution in [2.24, 2.45) is 4.99 Å². The third-order valence-corrected chi connectivity index (χ3v) is 4.23. The van der Waals surface area contributed by atoms with Gasteiger partial charge in [-0.05, 0) is 0 Å². The molecule has 0 saturated heterocycles. The summed E-state index contributed by atoms with van der Waals surface area (Å²) < 4.78 is 2.88. The van der Waals surface area contributed by atoms with E-state index < -0.39 is 0 Å². The Morgan fingerprint density at radius 1 is 1.05 bits per heavy atom. The topological polar surface area (TPSA) is 30.2 Å². The van der Waals surface area contributed by atoms with Crippen LogP contribution in [0.4, 0.5) is 5.69 Å². The van der Waals surface area contributed by atoms with Crippen molar-refractivity contribution in [3.63, 3.8) is 0 Å². The Balaban J connectivity index is 1.97. The van der Waals surface area contributed by atoms with Crippen LogP contribution in [0.3, 0.4) is 0 Å². The average Bonchev–Trinajstić information content (AvgIpc) is 2.81. The minimum atomic E-state index is 0.950. The Kier molecular flexibility index (Phi) is 4.23. The Morgan fingerprint density at radius 2 is 1.82 bits per heavy atom. The summed E-state index contributed by atoms with van der Waals surface area (Å²) in [5.41, 5.74) is 5.16. The quantitative estimate of drug-likeness (QED) is 0.526. The van der Waals surface area contributed by atoms with Crippen LogP contribution in [-0.2, 0) is 0 Å². The third kappa shape index (κ3) is 3.03. The van der Waals surface area contributed by atoms with Crippen molar-refractivity contribution in [1.82, 2.24) is 9.78 Å². The second-order valence-electron chi connectivity index (χ2n) is 5.15. The van der Waals surface area contributed by atoms with E-state index in [2.05, 4.69) is 45.2 Å². The van der Waals surface area contributed by atoms with Crippen LogP contribution >= 0.6 is 0 Å². The summed E-state index contributed by atoms with van der Waals surface area (Å²) in [4.78, 5) is 4.57. The molecule has 0 saturated carbocycles. The Morgan fingerprint density at radius 3 is 2.55 bits per heavy atom. The molecule has 1 heterocycles. The van der Waals surface area contributed by atoms with Gasteiger partial charge in [0.15, 0.2) is 0 Å². The first-order chi connectivity index (χ1) is 10.6. The van der Waals surface area contributed by atoms with Crippen molar-refractivity contribution < 1.29 is 0 Å². The molecule has 3 aromatic rings. The van der Waals surface area contributed by atoms with Gasteiger partial charge in [0, 0.05) is 0 Å². The molecular weight excluding hydrogens is 337 g/mol. The van der Waals surface area contributed by atoms with Gasteiger partial charge in [0.2, 0.25) is 0 Å². The van der Waals surface area contributed by atoms with E-state index in [0.717, 1.165) is 27.2 Å². The predicted molar refractivity (Wildman–Crippen MR) is 92.1 cm³/mol. The van der Waals surface area contributed by atoms with Gasteiger partial charge in [-0.3, -0.25) is 0 Å². The number of nitrogens with zero attached hydrogens (tertiary/aromatic N) is 3. The number of aliphatic imine (C=N–C) groups is 1. The summed E-state index contributed by atoms with van der Waals surface area (Å²) in [5.74, 6) is 0. The Bertz CT molecular complexity index is 820. The number of aromatic nitrogens is 2. The Labute approximate surface area is 138 Å². The molecule has 109 valence electrons. The van der Waals surface area contributed by atoms with Crippen LogP contribution in [0.25, 0.3) is 5.69 Å². The molecule has 0 aliphatic carbocycles. The number of hydrogen-bond acceptors (Lipinski definition) is 2. The fraction of sp³-hybridized carbons (Fsp3) is 0.111. The van der Waals surface area contributed by atoms with E-state index in [4.69, 9.17) is 0 Å². The fourth-order valence-electron chi connectivity index (χ4n) is 2.26. The molecule has 2 aromatic carbocycles. The van der Waals surface area contributed by atoms with Crippen molar-refractivity contribution >= 4 is 32.5 Å². The maximum atomic E-state index is 4.60. The van der Waals surface area contributed by atoms with Gasteiger partial charge in [-0.25, -0.2) is 0 Å². The van der Waals surface area contributed by atoms with Gasteiger partial charge in [-0.1, -0.05) is 0 Å². The Hall–Kier alpha value is -2.16. The molecule has 1 aromatic heterocycles. The van der Waals surface area contributed by atoms with Crippen LogP contribution in [-0.4, -0.2) is 32.0 Å². The van der Waals surface area contributed by atoms with Gasteiger partial charge in [-0.2, -0.15) is 0 Å². The first kappa shape index (κ1) is 14.8. The molecule has 0 bridgehead atoms. The molecule has 0 spiro atoms. The SMILES string of the molecule is Cc1cccc(N=Cc2c(C)nn(-c3ccccc3)c2[Se])c1. The predicted octanol–water partition coefficient (Wildman–Crippen LogP) is 3.03. The van der Waals surface area contributed by atoms with Crippen LogP contribution in [0.15, 0.2) is 59.6 Å². The molecule has 22 heavy (non-hydrogen) atoms. The van der Waals surface area contributed by atoms with Crippen molar-refractivity contribution in [2.75, 3.05) is 0 Å². The van der Waals surface area contributed by atoms with Gasteiger partial charge in [0.25, 0.3) is 0 Å². The zero-order chi connectivity index (χ0) is 15.5. The number of aryl methyl sites for hydroxylation is 2. The van der Waals surface area contributed by atoms with E-state index in [0.29, 0.717) is 0 Å². The van der Waals surface area contributed by atoms with E-state index in [1.807, 2.05) is 60.3 Å². The van der Waals surface area contributed by atoms with E-state index >= 15 is 0 Å². The second kappa shape index (κ2) is 6.30. The average molecular weight is 353 g/mol. The van der Waals surface area contributed by atoms with Crippen LogP contribution in [0.1, 0.15) is 16.8 Å². The van der Waals surface area contributed by atoms with Gasteiger partial charge < -0.3 is 0 Å². The molecule has 3 nitrogen and oxygen atoms in total. The van der Waals surface area contributed by atoms with Crippen molar-refractivity contribution in [3.8, 4) is 5.69 Å². The number of hydrogen-bond donors (Lipinski definition) is 0. The molecule has 0 aliphatic heterocycles. The van der Waals surface area contributed by atoms with E-state index in [-0.39, 0.29) is 0 Å². The molecule has 0 atom stereocenters.